The van der Waals surface area contributed by atoms with Gasteiger partial charge in [-0.2, -0.15) is 0 Å². The van der Waals surface area contributed by atoms with Crippen molar-refractivity contribution in [3.63, 3.8) is 0 Å². The van der Waals surface area contributed by atoms with Gasteiger partial charge >= 0.3 is 0 Å². The number of aliphatic hydroxyl groups is 1. The standard InChI is InChI=1S/C17H25NO2/c1-2-7-14-8-3-6-11-17(14)20-13-16(19)12-18-15-9-4-5-10-15/h2-3,6,8,11,15-16,18-19H,1,4-5,7,9-10,12-13H2/p+1/t16-/m0/s1. The molecule has 1 aromatic carbocycles. The van der Waals surface area contributed by atoms with Gasteiger partial charge in [0, 0.05) is 0 Å². The van der Waals surface area contributed by atoms with Gasteiger partial charge in [0.05, 0.1) is 6.04 Å². The number of hydrogen-bond acceptors (Lipinski definition) is 2. The molecular weight excluding hydrogens is 250 g/mol. The summed E-state index contributed by atoms with van der Waals surface area (Å²) in [6.07, 6.45) is 7.50. The molecule has 1 aliphatic rings. The summed E-state index contributed by atoms with van der Waals surface area (Å²) in [5.41, 5.74) is 1.12. The average Bonchev–Trinajstić information content (AvgIpc) is 2.98. The normalized spacial score (nSPS) is 17.1. The molecule has 2 rings (SSSR count). The second kappa shape index (κ2) is 8.08. The molecule has 20 heavy (non-hydrogen) atoms. The van der Waals surface area contributed by atoms with E-state index in [1.165, 1.54) is 25.7 Å². The molecule has 0 spiro atoms. The van der Waals surface area contributed by atoms with Crippen molar-refractivity contribution < 1.29 is 15.2 Å². The second-order valence-electron chi connectivity index (χ2n) is 5.58. The third kappa shape index (κ3) is 4.66. The SMILES string of the molecule is C=CCc1ccccc1OC[C@@H](O)C[NH2+]C1CCCC1. The van der Waals surface area contributed by atoms with E-state index in [1.807, 2.05) is 30.3 Å². The van der Waals surface area contributed by atoms with E-state index < -0.39 is 6.10 Å². The van der Waals surface area contributed by atoms with Crippen LogP contribution in [0.2, 0.25) is 0 Å². The van der Waals surface area contributed by atoms with Gasteiger partial charge in [0.25, 0.3) is 0 Å². The Balaban J connectivity index is 1.74. The molecule has 110 valence electrons. The Morgan fingerprint density at radius 2 is 2.10 bits per heavy atom. The van der Waals surface area contributed by atoms with Crippen molar-refractivity contribution in [2.24, 2.45) is 0 Å². The monoisotopic (exact) mass is 276 g/mol. The third-order valence-corrected chi connectivity index (χ3v) is 3.91. The number of benzene rings is 1. The average molecular weight is 276 g/mol. The quantitative estimate of drug-likeness (QED) is 0.709. The predicted molar refractivity (Wildman–Crippen MR) is 80.9 cm³/mol. The summed E-state index contributed by atoms with van der Waals surface area (Å²) in [6, 6.07) is 8.65. The van der Waals surface area contributed by atoms with Crippen molar-refractivity contribution in [3.8, 4) is 5.75 Å². The molecule has 1 fully saturated rings. The van der Waals surface area contributed by atoms with E-state index in [-0.39, 0.29) is 0 Å². The highest BCUT2D eigenvalue weighted by molar-refractivity contribution is 5.34. The molecule has 0 aromatic heterocycles. The Morgan fingerprint density at radius 3 is 2.85 bits per heavy atom. The van der Waals surface area contributed by atoms with Gasteiger partial charge in [-0.15, -0.1) is 6.58 Å². The van der Waals surface area contributed by atoms with Gasteiger partial charge in [0.15, 0.2) is 0 Å². The Labute approximate surface area is 121 Å². The predicted octanol–water partition coefficient (Wildman–Crippen LogP) is 1.66. The van der Waals surface area contributed by atoms with Gasteiger partial charge in [-0.25, -0.2) is 0 Å². The molecule has 0 radical (unpaired) electrons. The summed E-state index contributed by atoms with van der Waals surface area (Å²) in [5.74, 6) is 0.854. The van der Waals surface area contributed by atoms with Crippen LogP contribution in [0.5, 0.6) is 5.75 Å². The minimum Gasteiger partial charge on any atom is -0.490 e. The highest BCUT2D eigenvalue weighted by Gasteiger charge is 2.19. The van der Waals surface area contributed by atoms with Crippen molar-refractivity contribution in [1.82, 2.24) is 0 Å². The summed E-state index contributed by atoms with van der Waals surface area (Å²) in [7, 11) is 0. The number of aliphatic hydroxyl groups excluding tert-OH is 1. The van der Waals surface area contributed by atoms with Gasteiger partial charge in [-0.1, -0.05) is 24.3 Å². The Morgan fingerprint density at radius 1 is 1.35 bits per heavy atom. The lowest BCUT2D eigenvalue weighted by molar-refractivity contribution is -0.693. The van der Waals surface area contributed by atoms with E-state index >= 15 is 0 Å². The Bertz CT molecular complexity index is 413. The lowest BCUT2D eigenvalue weighted by Crippen LogP contribution is -2.91. The first-order valence-corrected chi connectivity index (χ1v) is 7.62. The van der Waals surface area contributed by atoms with E-state index in [1.54, 1.807) is 0 Å². The fraction of sp³-hybridized carbons (Fsp3) is 0.529. The molecule has 0 unspecified atom stereocenters. The van der Waals surface area contributed by atoms with Crippen molar-refractivity contribution in [3.05, 3.63) is 42.5 Å². The number of hydrogen-bond donors (Lipinski definition) is 2. The van der Waals surface area contributed by atoms with Crippen LogP contribution in [-0.2, 0) is 6.42 Å². The zero-order chi connectivity index (χ0) is 14.2. The lowest BCUT2D eigenvalue weighted by atomic mass is 10.1. The first-order valence-electron chi connectivity index (χ1n) is 7.62. The van der Waals surface area contributed by atoms with E-state index in [4.69, 9.17) is 4.74 Å². The van der Waals surface area contributed by atoms with Crippen molar-refractivity contribution in [2.45, 2.75) is 44.2 Å². The van der Waals surface area contributed by atoms with E-state index in [0.717, 1.165) is 24.3 Å². The molecule has 1 saturated carbocycles. The van der Waals surface area contributed by atoms with Crippen LogP contribution < -0.4 is 10.1 Å². The Hall–Kier alpha value is -1.32. The van der Waals surface area contributed by atoms with Crippen LogP contribution in [0.3, 0.4) is 0 Å². The van der Waals surface area contributed by atoms with Crippen LogP contribution >= 0.6 is 0 Å². The van der Waals surface area contributed by atoms with Crippen LogP contribution in [0, 0.1) is 0 Å². The summed E-state index contributed by atoms with van der Waals surface area (Å²) in [4.78, 5) is 0. The summed E-state index contributed by atoms with van der Waals surface area (Å²) >= 11 is 0. The largest absolute Gasteiger partial charge is 0.490 e. The van der Waals surface area contributed by atoms with Crippen LogP contribution in [-0.4, -0.2) is 30.4 Å². The highest BCUT2D eigenvalue weighted by atomic mass is 16.5. The number of quaternary nitrogens is 1. The minimum atomic E-state index is -0.410. The van der Waals surface area contributed by atoms with Gasteiger partial charge in [-0.3, -0.25) is 0 Å². The number of para-hydroxylation sites is 1. The number of rotatable bonds is 8. The molecular formula is C17H26NO2+. The number of allylic oxidation sites excluding steroid dienone is 1. The molecule has 0 bridgehead atoms. The summed E-state index contributed by atoms with van der Waals surface area (Å²) < 4.78 is 5.75. The molecule has 0 saturated heterocycles. The maximum absolute atomic E-state index is 10.0. The zero-order valence-electron chi connectivity index (χ0n) is 12.1. The molecule has 1 aromatic rings. The molecule has 1 aliphatic carbocycles. The van der Waals surface area contributed by atoms with Gasteiger partial charge in [0.2, 0.25) is 0 Å². The topological polar surface area (TPSA) is 46.1 Å². The van der Waals surface area contributed by atoms with Crippen molar-refractivity contribution >= 4 is 0 Å². The van der Waals surface area contributed by atoms with Gasteiger partial charge < -0.3 is 15.2 Å². The van der Waals surface area contributed by atoms with Crippen LogP contribution in [0.1, 0.15) is 31.2 Å². The minimum absolute atomic E-state index is 0.359. The fourth-order valence-corrected chi connectivity index (χ4v) is 2.77. The molecule has 1 atom stereocenters. The first kappa shape index (κ1) is 15.1. The highest BCUT2D eigenvalue weighted by Crippen LogP contribution is 2.19. The summed E-state index contributed by atoms with van der Waals surface area (Å²) in [5, 5.41) is 12.3. The Kier molecular flexibility index (Phi) is 6.09. The van der Waals surface area contributed by atoms with E-state index in [0.29, 0.717) is 12.6 Å². The zero-order valence-corrected chi connectivity index (χ0v) is 12.1. The smallest absolute Gasteiger partial charge is 0.137 e. The maximum atomic E-state index is 10.0. The number of ether oxygens (including phenoxy) is 1. The molecule has 3 nitrogen and oxygen atoms in total. The first-order chi connectivity index (χ1) is 9.79. The third-order valence-electron chi connectivity index (χ3n) is 3.91. The van der Waals surface area contributed by atoms with E-state index in [9.17, 15) is 5.11 Å². The van der Waals surface area contributed by atoms with Crippen LogP contribution in [0.15, 0.2) is 36.9 Å². The lowest BCUT2D eigenvalue weighted by Gasteiger charge is -2.15. The molecule has 0 aliphatic heterocycles. The molecule has 0 heterocycles. The molecule has 0 amide bonds. The summed E-state index contributed by atoms with van der Waals surface area (Å²) in [6.45, 7) is 4.84. The molecule has 3 N–H and O–H groups in total. The van der Waals surface area contributed by atoms with Crippen LogP contribution in [0.4, 0.5) is 0 Å². The van der Waals surface area contributed by atoms with Crippen molar-refractivity contribution in [2.75, 3.05) is 13.2 Å². The fourth-order valence-electron chi connectivity index (χ4n) is 2.77. The second-order valence-corrected chi connectivity index (χ2v) is 5.58. The maximum Gasteiger partial charge on any atom is 0.137 e. The molecule has 3 heteroatoms. The van der Waals surface area contributed by atoms with Gasteiger partial charge in [0.1, 0.15) is 25.0 Å². The number of nitrogens with two attached hydrogens (primary N) is 1. The van der Waals surface area contributed by atoms with E-state index in [2.05, 4.69) is 11.9 Å². The van der Waals surface area contributed by atoms with Crippen LogP contribution in [0.25, 0.3) is 0 Å². The van der Waals surface area contributed by atoms with Gasteiger partial charge in [-0.05, 0) is 43.7 Å². The van der Waals surface area contributed by atoms with Crippen molar-refractivity contribution in [1.29, 1.82) is 0 Å².